The Morgan fingerprint density at radius 2 is 2.12 bits per heavy atom. The molecule has 1 aromatic carbocycles. The van der Waals surface area contributed by atoms with Crippen LogP contribution < -0.4 is 4.43 Å². The lowest BCUT2D eigenvalue weighted by molar-refractivity contribution is -0.490. The molecule has 1 N–H and O–H groups in total. The summed E-state index contributed by atoms with van der Waals surface area (Å²) in [7, 11) is 1.26. The number of methoxy groups -OCH3 is 1. The molecule has 17 heavy (non-hydrogen) atoms. The Morgan fingerprint density at radius 1 is 1.47 bits per heavy atom. The molecule has 0 amide bonds. The molecular weight excluding hydrogens is 224 g/mol. The summed E-state index contributed by atoms with van der Waals surface area (Å²) in [5, 5.41) is 21.5. The average molecular weight is 236 g/mol. The lowest BCUT2D eigenvalue weighted by Gasteiger charge is -2.17. The minimum absolute atomic E-state index is 0.0961. The van der Waals surface area contributed by atoms with Gasteiger partial charge in [0.2, 0.25) is 6.29 Å². The maximum Gasteiger partial charge on any atom is 0.314 e. The number of para-hydroxylation sites is 2. The second-order valence-electron chi connectivity index (χ2n) is 3.64. The zero-order valence-corrected chi connectivity index (χ0v) is 9.45. The van der Waals surface area contributed by atoms with E-state index in [0.717, 1.165) is 0 Å². The zero-order chi connectivity index (χ0) is 12.6. The number of aliphatic hydroxyl groups is 1. The van der Waals surface area contributed by atoms with E-state index in [4.69, 9.17) is 0 Å². The largest absolute Gasteiger partial charge is 0.805 e. The van der Waals surface area contributed by atoms with Crippen molar-refractivity contribution in [1.82, 2.24) is 4.73 Å². The van der Waals surface area contributed by atoms with Crippen LogP contribution in [0.25, 0.3) is 11.0 Å². The summed E-state index contributed by atoms with van der Waals surface area (Å²) in [5.41, 5.74) is 0.473. The third-order valence-electron chi connectivity index (χ3n) is 2.67. The molecule has 1 atom stereocenters. The van der Waals surface area contributed by atoms with Crippen molar-refractivity contribution < 1.29 is 14.3 Å². The quantitative estimate of drug-likeness (QED) is 0.619. The molecule has 0 saturated heterocycles. The second-order valence-corrected chi connectivity index (χ2v) is 3.64. The molecule has 0 saturated carbocycles. The number of benzene rings is 1. The van der Waals surface area contributed by atoms with Crippen molar-refractivity contribution in [2.24, 2.45) is 0 Å². The van der Waals surface area contributed by atoms with Crippen LogP contribution in [0.4, 0.5) is 0 Å². The van der Waals surface area contributed by atoms with Gasteiger partial charge in [-0.25, -0.2) is 0 Å². The van der Waals surface area contributed by atoms with Crippen molar-refractivity contribution in [2.45, 2.75) is 13.2 Å². The van der Waals surface area contributed by atoms with Crippen molar-refractivity contribution in [3.05, 3.63) is 45.8 Å². The summed E-state index contributed by atoms with van der Waals surface area (Å²) in [4.78, 5) is 12.0. The molecule has 1 unspecified atom stereocenters. The van der Waals surface area contributed by atoms with Gasteiger partial charge in [-0.2, -0.15) is 0 Å². The Kier molecular flexibility index (Phi) is 2.83. The Balaban J connectivity index is 2.92. The van der Waals surface area contributed by atoms with Crippen molar-refractivity contribution in [3.63, 3.8) is 0 Å². The highest BCUT2D eigenvalue weighted by Gasteiger charge is 2.26. The Labute approximate surface area is 96.9 Å². The fraction of sp³-hybridized carbons (Fsp3) is 0.273. The average Bonchev–Trinajstić information content (AvgIpc) is 2.36. The Hall–Kier alpha value is -1.92. The maximum atomic E-state index is 12.0. The summed E-state index contributed by atoms with van der Waals surface area (Å²) in [6, 6.07) is 6.38. The molecule has 2 rings (SSSR count). The van der Waals surface area contributed by atoms with Gasteiger partial charge in [-0.3, -0.25) is 0 Å². The first kappa shape index (κ1) is 11.6. The molecule has 0 spiro atoms. The van der Waals surface area contributed by atoms with Gasteiger partial charge in [-0.1, -0.05) is 12.1 Å². The minimum Gasteiger partial charge on any atom is -0.805 e. The van der Waals surface area contributed by atoms with Gasteiger partial charge >= 0.3 is 5.69 Å². The summed E-state index contributed by atoms with van der Waals surface area (Å²) < 4.78 is 5.82. The molecule has 0 radical (unpaired) electrons. The molecule has 6 heteroatoms. The highest BCUT2D eigenvalue weighted by atomic mass is 16.6. The topological polar surface area (TPSA) is 80.4 Å². The van der Waals surface area contributed by atoms with Crippen LogP contribution in [0.3, 0.4) is 0 Å². The van der Waals surface area contributed by atoms with E-state index in [2.05, 4.69) is 4.74 Å². The van der Waals surface area contributed by atoms with Gasteiger partial charge in [-0.15, -0.1) is 0 Å². The van der Waals surface area contributed by atoms with Gasteiger partial charge in [0.05, 0.1) is 10.1 Å². The highest BCUT2D eigenvalue weighted by molar-refractivity contribution is 5.72. The van der Waals surface area contributed by atoms with Crippen LogP contribution in [0.1, 0.15) is 17.7 Å². The molecule has 0 bridgehead atoms. The van der Waals surface area contributed by atoms with Crippen LogP contribution in [0.15, 0.2) is 24.3 Å². The number of hydrogen-bond donors (Lipinski definition) is 1. The third-order valence-corrected chi connectivity index (χ3v) is 2.67. The van der Waals surface area contributed by atoms with E-state index in [1.165, 1.54) is 20.1 Å². The highest BCUT2D eigenvalue weighted by Crippen LogP contribution is 2.18. The molecule has 1 heterocycles. The number of aromatic nitrogens is 2. The van der Waals surface area contributed by atoms with E-state index in [-0.39, 0.29) is 22.4 Å². The molecule has 0 aliphatic rings. The summed E-state index contributed by atoms with van der Waals surface area (Å²) in [6.45, 7) is 1.46. The Bertz CT molecular complexity index is 621. The van der Waals surface area contributed by atoms with Crippen LogP contribution in [0, 0.1) is 17.0 Å². The lowest BCUT2D eigenvalue weighted by atomic mass is 10.2. The molecule has 0 aliphatic carbocycles. The van der Waals surface area contributed by atoms with E-state index >= 15 is 0 Å². The number of aliphatic hydroxyl groups excluding tert-OH is 1. The zero-order valence-electron chi connectivity index (χ0n) is 9.45. The van der Waals surface area contributed by atoms with E-state index in [0.29, 0.717) is 9.16 Å². The fourth-order valence-electron chi connectivity index (χ4n) is 1.76. The standard InChI is InChI=1S/C11H12N2O4/c1-7-10(11(14)17-2)13(16)9-6-4-3-5-8(9)12(7)15/h3-6,11,14H,1-2H3. The molecule has 6 nitrogen and oxygen atoms in total. The van der Waals surface area contributed by atoms with Gasteiger partial charge in [0, 0.05) is 18.1 Å². The normalized spacial score (nSPS) is 12.9. The van der Waals surface area contributed by atoms with Crippen molar-refractivity contribution in [1.29, 1.82) is 0 Å². The van der Waals surface area contributed by atoms with Gasteiger partial charge in [0.15, 0.2) is 0 Å². The second kappa shape index (κ2) is 4.15. The number of ether oxygens (including phenoxy) is 1. The van der Waals surface area contributed by atoms with E-state index in [1.54, 1.807) is 18.2 Å². The number of rotatable bonds is 2. The number of fused-ring (bicyclic) bond motifs is 1. The van der Waals surface area contributed by atoms with Crippen LogP contribution in [-0.2, 0) is 4.74 Å². The molecule has 90 valence electrons. The molecule has 0 fully saturated rings. The summed E-state index contributed by atoms with van der Waals surface area (Å²) in [6.07, 6.45) is -1.42. The molecular formula is C11H12N2O4. The number of nitrogens with zero attached hydrogens (tertiary/aromatic N) is 2. The van der Waals surface area contributed by atoms with Gasteiger partial charge in [0.25, 0.3) is 5.52 Å². The van der Waals surface area contributed by atoms with Crippen molar-refractivity contribution in [2.75, 3.05) is 7.11 Å². The minimum atomic E-state index is -1.42. The van der Waals surface area contributed by atoms with Gasteiger partial charge in [-0.05, 0) is 13.0 Å². The third kappa shape index (κ3) is 1.67. The molecule has 2 aromatic rings. The Morgan fingerprint density at radius 3 is 2.76 bits per heavy atom. The fourth-order valence-corrected chi connectivity index (χ4v) is 1.76. The first-order valence-corrected chi connectivity index (χ1v) is 5.03. The van der Waals surface area contributed by atoms with E-state index in [9.17, 15) is 15.2 Å². The van der Waals surface area contributed by atoms with Crippen molar-refractivity contribution in [3.8, 4) is 0 Å². The van der Waals surface area contributed by atoms with Crippen LogP contribution in [0.2, 0.25) is 0 Å². The maximum absolute atomic E-state index is 12.0. The first-order chi connectivity index (χ1) is 8.07. The summed E-state index contributed by atoms with van der Waals surface area (Å²) in [5.74, 6) is 0. The van der Waals surface area contributed by atoms with Gasteiger partial charge in [0.1, 0.15) is 5.52 Å². The predicted molar refractivity (Wildman–Crippen MR) is 60.8 cm³/mol. The first-order valence-electron chi connectivity index (χ1n) is 5.03. The van der Waals surface area contributed by atoms with Gasteiger partial charge < -0.3 is 19.8 Å². The smallest absolute Gasteiger partial charge is 0.314 e. The van der Waals surface area contributed by atoms with Crippen LogP contribution >= 0.6 is 0 Å². The molecule has 1 aromatic heterocycles. The monoisotopic (exact) mass is 236 g/mol. The number of hydrogen-bond acceptors (Lipinski definition) is 4. The lowest BCUT2D eigenvalue weighted by Crippen LogP contribution is -2.29. The predicted octanol–water partition coefficient (Wildman–Crippen LogP) is 0.847. The SMILES string of the molecule is COC(O)c1c(C)n([O-])c2ccccc2[n+]1=O. The van der Waals surface area contributed by atoms with Crippen LogP contribution in [-0.4, -0.2) is 16.9 Å². The van der Waals surface area contributed by atoms with Crippen LogP contribution in [0.5, 0.6) is 0 Å². The summed E-state index contributed by atoms with van der Waals surface area (Å²) >= 11 is 0. The van der Waals surface area contributed by atoms with E-state index < -0.39 is 6.29 Å². The van der Waals surface area contributed by atoms with Crippen molar-refractivity contribution >= 4 is 11.0 Å². The van der Waals surface area contributed by atoms with E-state index in [1.807, 2.05) is 0 Å². The molecule has 0 aliphatic heterocycles.